The Labute approximate surface area is 110 Å². The van der Waals surface area contributed by atoms with Crippen molar-refractivity contribution in [3.63, 3.8) is 0 Å². The number of rotatable bonds is 7. The van der Waals surface area contributed by atoms with Crippen molar-refractivity contribution < 1.29 is 5.11 Å². The molecule has 0 aliphatic carbocycles. The van der Waals surface area contributed by atoms with Crippen LogP contribution in [0.4, 0.5) is 0 Å². The van der Waals surface area contributed by atoms with Gasteiger partial charge in [0.25, 0.3) is 0 Å². The molecule has 0 saturated heterocycles. The summed E-state index contributed by atoms with van der Waals surface area (Å²) in [6.07, 6.45) is 1.64. The van der Waals surface area contributed by atoms with Crippen LogP contribution in [-0.2, 0) is 13.0 Å². The number of hydrogen-bond acceptors (Lipinski definition) is 4. The maximum absolute atomic E-state index is 10.5. The highest BCUT2D eigenvalue weighted by atomic mass is 16.3. The Balaban J connectivity index is 2.78. The quantitative estimate of drug-likeness (QED) is 0.797. The van der Waals surface area contributed by atoms with Crippen LogP contribution in [0, 0.1) is 0 Å². The summed E-state index contributed by atoms with van der Waals surface area (Å²) in [5, 5.41) is 14.6. The van der Waals surface area contributed by atoms with E-state index in [-0.39, 0.29) is 5.54 Å². The number of aliphatic hydroxyl groups is 1. The zero-order valence-corrected chi connectivity index (χ0v) is 12.2. The first-order valence-corrected chi connectivity index (χ1v) is 6.77. The van der Waals surface area contributed by atoms with Crippen LogP contribution in [0.2, 0.25) is 0 Å². The van der Waals surface area contributed by atoms with Crippen LogP contribution in [0.3, 0.4) is 0 Å². The van der Waals surface area contributed by atoms with Gasteiger partial charge < -0.3 is 5.11 Å². The first-order valence-electron chi connectivity index (χ1n) is 6.77. The van der Waals surface area contributed by atoms with Gasteiger partial charge in [-0.2, -0.15) is 5.10 Å². The van der Waals surface area contributed by atoms with Gasteiger partial charge >= 0.3 is 0 Å². The number of aryl methyl sites for hydroxylation is 1. The molecule has 1 aromatic rings. The van der Waals surface area contributed by atoms with Crippen LogP contribution < -0.4 is 0 Å². The van der Waals surface area contributed by atoms with Crippen molar-refractivity contribution >= 4 is 0 Å². The fraction of sp³-hybridized carbons (Fsp3) is 0.846. The van der Waals surface area contributed by atoms with E-state index in [1.54, 1.807) is 6.33 Å². The second-order valence-corrected chi connectivity index (χ2v) is 5.04. The summed E-state index contributed by atoms with van der Waals surface area (Å²) in [5.41, 5.74) is -0.256. The molecule has 1 atom stereocenters. The average Bonchev–Trinajstić information content (AvgIpc) is 2.77. The minimum atomic E-state index is -0.452. The molecule has 1 unspecified atom stereocenters. The molecule has 1 heterocycles. The minimum absolute atomic E-state index is 0.256. The Bertz CT molecular complexity index is 358. The Morgan fingerprint density at radius 2 is 1.94 bits per heavy atom. The lowest BCUT2D eigenvalue weighted by atomic mass is 9.92. The predicted octanol–water partition coefficient (Wildman–Crippen LogP) is 1.32. The van der Waals surface area contributed by atoms with E-state index in [0.29, 0.717) is 6.42 Å². The summed E-state index contributed by atoms with van der Waals surface area (Å²) >= 11 is 0. The fourth-order valence-electron chi connectivity index (χ4n) is 2.38. The Hall–Kier alpha value is -0.940. The standard InChI is InChI=1S/C13H26N4O/c1-6-16(7-2)13(4,5)11(18)9-12-14-10-15-17(12)8-3/h10-11,18H,6-9H2,1-5H3. The Morgan fingerprint density at radius 3 is 2.44 bits per heavy atom. The highest BCUT2D eigenvalue weighted by Crippen LogP contribution is 2.21. The zero-order chi connectivity index (χ0) is 13.8. The molecule has 0 aliphatic heterocycles. The molecule has 18 heavy (non-hydrogen) atoms. The fourth-order valence-corrected chi connectivity index (χ4v) is 2.38. The molecule has 0 spiro atoms. The molecule has 0 fully saturated rings. The molecule has 0 radical (unpaired) electrons. The summed E-state index contributed by atoms with van der Waals surface area (Å²) in [7, 11) is 0. The number of aromatic nitrogens is 3. The summed E-state index contributed by atoms with van der Waals surface area (Å²) < 4.78 is 1.83. The smallest absolute Gasteiger partial charge is 0.138 e. The van der Waals surface area contributed by atoms with Gasteiger partial charge in [-0.3, -0.25) is 9.58 Å². The van der Waals surface area contributed by atoms with Gasteiger partial charge in [0.15, 0.2) is 0 Å². The third kappa shape index (κ3) is 3.09. The lowest BCUT2D eigenvalue weighted by Gasteiger charge is -2.40. The molecule has 1 N–H and O–H groups in total. The minimum Gasteiger partial charge on any atom is -0.391 e. The van der Waals surface area contributed by atoms with Gasteiger partial charge in [0.2, 0.25) is 0 Å². The van der Waals surface area contributed by atoms with Crippen LogP contribution in [-0.4, -0.2) is 49.5 Å². The van der Waals surface area contributed by atoms with Gasteiger partial charge in [-0.25, -0.2) is 4.98 Å². The molecular weight excluding hydrogens is 228 g/mol. The van der Waals surface area contributed by atoms with E-state index in [9.17, 15) is 5.11 Å². The van der Waals surface area contributed by atoms with Crippen LogP contribution in [0.15, 0.2) is 6.33 Å². The topological polar surface area (TPSA) is 54.2 Å². The van der Waals surface area contributed by atoms with E-state index in [0.717, 1.165) is 25.5 Å². The summed E-state index contributed by atoms with van der Waals surface area (Å²) in [6, 6.07) is 0. The Kier molecular flexibility index (Phi) is 5.28. The lowest BCUT2D eigenvalue weighted by molar-refractivity contribution is -0.00567. The van der Waals surface area contributed by atoms with Gasteiger partial charge in [-0.1, -0.05) is 13.8 Å². The zero-order valence-electron chi connectivity index (χ0n) is 12.2. The number of aliphatic hydroxyl groups excluding tert-OH is 1. The number of hydrogen-bond donors (Lipinski definition) is 1. The molecule has 5 nitrogen and oxygen atoms in total. The molecule has 0 aliphatic rings. The second kappa shape index (κ2) is 6.29. The van der Waals surface area contributed by atoms with Crippen molar-refractivity contribution in [3.8, 4) is 0 Å². The van der Waals surface area contributed by atoms with E-state index in [1.165, 1.54) is 0 Å². The molecule has 1 rings (SSSR count). The van der Waals surface area contributed by atoms with Crippen molar-refractivity contribution in [1.29, 1.82) is 0 Å². The van der Waals surface area contributed by atoms with Gasteiger partial charge in [0, 0.05) is 18.5 Å². The summed E-state index contributed by atoms with van der Waals surface area (Å²) in [4.78, 5) is 6.49. The van der Waals surface area contributed by atoms with Crippen LogP contribution in [0.25, 0.3) is 0 Å². The second-order valence-electron chi connectivity index (χ2n) is 5.04. The van der Waals surface area contributed by atoms with Crippen molar-refractivity contribution in [3.05, 3.63) is 12.2 Å². The molecule has 0 aromatic carbocycles. The number of nitrogens with zero attached hydrogens (tertiary/aromatic N) is 4. The van der Waals surface area contributed by atoms with E-state index < -0.39 is 6.10 Å². The third-order valence-corrected chi connectivity index (χ3v) is 3.77. The van der Waals surface area contributed by atoms with Gasteiger partial charge in [0.05, 0.1) is 6.10 Å². The molecule has 0 amide bonds. The first kappa shape index (κ1) is 15.1. The Morgan fingerprint density at radius 1 is 1.33 bits per heavy atom. The van der Waals surface area contributed by atoms with E-state index >= 15 is 0 Å². The third-order valence-electron chi connectivity index (χ3n) is 3.77. The largest absolute Gasteiger partial charge is 0.391 e. The number of likely N-dealkylation sites (N-methyl/N-ethyl adjacent to an activating group) is 1. The summed E-state index contributed by atoms with van der Waals surface area (Å²) in [5.74, 6) is 0.852. The lowest BCUT2D eigenvalue weighted by Crippen LogP contribution is -2.53. The van der Waals surface area contributed by atoms with Crippen molar-refractivity contribution in [2.75, 3.05) is 13.1 Å². The molecule has 0 saturated carbocycles. The highest BCUT2D eigenvalue weighted by Gasteiger charge is 2.33. The van der Waals surface area contributed by atoms with Crippen molar-refractivity contribution in [2.24, 2.45) is 0 Å². The van der Waals surface area contributed by atoms with Crippen LogP contribution in [0.1, 0.15) is 40.4 Å². The van der Waals surface area contributed by atoms with Crippen molar-refractivity contribution in [1.82, 2.24) is 19.7 Å². The summed E-state index contributed by atoms with van der Waals surface area (Å²) in [6.45, 7) is 13.1. The van der Waals surface area contributed by atoms with Gasteiger partial charge in [-0.05, 0) is 33.9 Å². The SMILES string of the molecule is CCN(CC)C(C)(C)C(O)Cc1ncnn1CC. The maximum atomic E-state index is 10.5. The predicted molar refractivity (Wildman–Crippen MR) is 72.4 cm³/mol. The van der Waals surface area contributed by atoms with Gasteiger partial charge in [0.1, 0.15) is 12.2 Å². The molecule has 0 bridgehead atoms. The molecular formula is C13H26N4O. The van der Waals surface area contributed by atoms with Crippen molar-refractivity contribution in [2.45, 2.75) is 59.2 Å². The molecule has 5 heteroatoms. The first-order chi connectivity index (χ1) is 8.47. The van der Waals surface area contributed by atoms with Crippen LogP contribution in [0.5, 0.6) is 0 Å². The van der Waals surface area contributed by atoms with Gasteiger partial charge in [-0.15, -0.1) is 0 Å². The molecule has 104 valence electrons. The highest BCUT2D eigenvalue weighted by molar-refractivity contribution is 4.96. The normalized spacial score (nSPS) is 14.2. The van der Waals surface area contributed by atoms with E-state index in [2.05, 4.69) is 42.7 Å². The van der Waals surface area contributed by atoms with E-state index in [4.69, 9.17) is 0 Å². The molecule has 1 aromatic heterocycles. The monoisotopic (exact) mass is 254 g/mol. The van der Waals surface area contributed by atoms with E-state index in [1.807, 2.05) is 11.6 Å². The maximum Gasteiger partial charge on any atom is 0.138 e. The van der Waals surface area contributed by atoms with Crippen LogP contribution >= 0.6 is 0 Å². The average molecular weight is 254 g/mol.